The molecule has 0 spiro atoms. The molecule has 1 fully saturated rings. The van der Waals surface area contributed by atoms with Gasteiger partial charge in [0.1, 0.15) is 0 Å². The van der Waals surface area contributed by atoms with Gasteiger partial charge in [-0.3, -0.25) is 4.90 Å². The number of likely N-dealkylation sites (N-methyl/N-ethyl adjacent to an activating group) is 2. The molecule has 0 bridgehead atoms. The van der Waals surface area contributed by atoms with Crippen LogP contribution in [0.5, 0.6) is 0 Å². The number of piperidine rings is 1. The van der Waals surface area contributed by atoms with Gasteiger partial charge in [0.15, 0.2) is 0 Å². The van der Waals surface area contributed by atoms with E-state index in [1.807, 2.05) is 0 Å². The zero-order chi connectivity index (χ0) is 12.8. The molecule has 0 saturated carbocycles. The summed E-state index contributed by atoms with van der Waals surface area (Å²) in [6.45, 7) is 2.35. The number of benzene rings is 1. The lowest BCUT2D eigenvalue weighted by molar-refractivity contribution is 0.0657. The summed E-state index contributed by atoms with van der Waals surface area (Å²) in [5, 5.41) is 3.40. The lowest BCUT2D eigenvalue weighted by Crippen LogP contribution is -2.55. The van der Waals surface area contributed by atoms with E-state index in [0.717, 1.165) is 6.54 Å². The SMILES string of the molecule is CNCC1(CCc2ccccc2)CCCCN1C. The van der Waals surface area contributed by atoms with E-state index in [-0.39, 0.29) is 0 Å². The zero-order valence-corrected chi connectivity index (χ0v) is 11.8. The second kappa shape index (κ2) is 6.35. The number of hydrogen-bond acceptors (Lipinski definition) is 2. The van der Waals surface area contributed by atoms with E-state index >= 15 is 0 Å². The van der Waals surface area contributed by atoms with Gasteiger partial charge in [-0.25, -0.2) is 0 Å². The van der Waals surface area contributed by atoms with Gasteiger partial charge in [-0.15, -0.1) is 0 Å². The van der Waals surface area contributed by atoms with Crippen LogP contribution in [0.1, 0.15) is 31.2 Å². The van der Waals surface area contributed by atoms with Crippen LogP contribution < -0.4 is 5.32 Å². The van der Waals surface area contributed by atoms with E-state index in [2.05, 4.69) is 54.6 Å². The Morgan fingerprint density at radius 3 is 2.67 bits per heavy atom. The number of nitrogens with zero attached hydrogens (tertiary/aromatic N) is 1. The first kappa shape index (κ1) is 13.6. The minimum absolute atomic E-state index is 0.364. The molecule has 1 aliphatic heterocycles. The molecule has 1 aromatic carbocycles. The van der Waals surface area contributed by atoms with Crippen LogP contribution in [0, 0.1) is 0 Å². The highest BCUT2D eigenvalue weighted by Crippen LogP contribution is 2.30. The highest BCUT2D eigenvalue weighted by Gasteiger charge is 2.35. The molecule has 1 unspecified atom stereocenters. The Morgan fingerprint density at radius 2 is 2.00 bits per heavy atom. The predicted molar refractivity (Wildman–Crippen MR) is 77.9 cm³/mol. The molecule has 1 heterocycles. The van der Waals surface area contributed by atoms with Gasteiger partial charge in [-0.2, -0.15) is 0 Å². The molecule has 2 heteroatoms. The molecule has 0 aliphatic carbocycles. The van der Waals surface area contributed by atoms with Crippen LogP contribution in [-0.2, 0) is 6.42 Å². The van der Waals surface area contributed by atoms with Crippen LogP contribution in [0.15, 0.2) is 30.3 Å². The average molecular weight is 246 g/mol. The molecule has 0 radical (unpaired) electrons. The Bertz CT molecular complexity index is 345. The third kappa shape index (κ3) is 3.12. The number of hydrogen-bond donors (Lipinski definition) is 1. The van der Waals surface area contributed by atoms with Gasteiger partial charge in [-0.1, -0.05) is 36.8 Å². The molecule has 2 nitrogen and oxygen atoms in total. The third-order valence-electron chi connectivity index (χ3n) is 4.42. The van der Waals surface area contributed by atoms with Gasteiger partial charge in [-0.05, 0) is 51.9 Å². The summed E-state index contributed by atoms with van der Waals surface area (Å²) in [6.07, 6.45) is 6.51. The van der Waals surface area contributed by atoms with Crippen molar-refractivity contribution >= 4 is 0 Å². The largest absolute Gasteiger partial charge is 0.318 e. The van der Waals surface area contributed by atoms with Crippen LogP contribution in [0.4, 0.5) is 0 Å². The second-order valence-corrected chi connectivity index (χ2v) is 5.62. The fourth-order valence-corrected chi connectivity index (χ4v) is 3.21. The number of rotatable bonds is 5. The normalized spacial score (nSPS) is 25.2. The van der Waals surface area contributed by atoms with Gasteiger partial charge >= 0.3 is 0 Å². The van der Waals surface area contributed by atoms with Gasteiger partial charge in [0, 0.05) is 12.1 Å². The maximum Gasteiger partial charge on any atom is 0.0333 e. The standard InChI is InChI=1S/C16H26N2/c1-17-14-16(11-6-7-13-18(16)2)12-10-15-8-4-3-5-9-15/h3-5,8-9,17H,6-7,10-14H2,1-2H3. The average Bonchev–Trinajstić information content (AvgIpc) is 2.41. The Kier molecular flexibility index (Phi) is 4.79. The van der Waals surface area contributed by atoms with Crippen LogP contribution in [0.25, 0.3) is 0 Å². The molecule has 0 aromatic heterocycles. The number of nitrogens with one attached hydrogen (secondary N) is 1. The summed E-state index contributed by atoms with van der Waals surface area (Å²) in [7, 11) is 4.37. The highest BCUT2D eigenvalue weighted by atomic mass is 15.2. The van der Waals surface area contributed by atoms with Crippen molar-refractivity contribution in [3.8, 4) is 0 Å². The van der Waals surface area contributed by atoms with Gasteiger partial charge in [0.05, 0.1) is 0 Å². The van der Waals surface area contributed by atoms with E-state index in [1.54, 1.807) is 0 Å². The Hall–Kier alpha value is -0.860. The smallest absolute Gasteiger partial charge is 0.0333 e. The number of aryl methyl sites for hydroxylation is 1. The van der Waals surface area contributed by atoms with Crippen molar-refractivity contribution < 1.29 is 0 Å². The maximum atomic E-state index is 3.40. The number of likely N-dealkylation sites (tertiary alicyclic amines) is 1. The first-order valence-corrected chi connectivity index (χ1v) is 7.17. The van der Waals surface area contributed by atoms with E-state index in [9.17, 15) is 0 Å². The summed E-state index contributed by atoms with van der Waals surface area (Å²) in [4.78, 5) is 2.58. The molecule has 1 atom stereocenters. The lowest BCUT2D eigenvalue weighted by Gasteiger charge is -2.46. The van der Waals surface area contributed by atoms with Crippen molar-refractivity contribution in [2.45, 2.75) is 37.6 Å². The van der Waals surface area contributed by atoms with Crippen molar-refractivity contribution in [1.82, 2.24) is 10.2 Å². The molecular formula is C16H26N2. The summed E-state index contributed by atoms with van der Waals surface area (Å²) < 4.78 is 0. The van der Waals surface area contributed by atoms with E-state index in [4.69, 9.17) is 0 Å². The topological polar surface area (TPSA) is 15.3 Å². The minimum Gasteiger partial charge on any atom is -0.318 e. The van der Waals surface area contributed by atoms with Crippen molar-refractivity contribution in [2.24, 2.45) is 0 Å². The van der Waals surface area contributed by atoms with Crippen molar-refractivity contribution in [3.63, 3.8) is 0 Å². The second-order valence-electron chi connectivity index (χ2n) is 5.62. The molecule has 18 heavy (non-hydrogen) atoms. The van der Waals surface area contributed by atoms with E-state index in [1.165, 1.54) is 44.2 Å². The monoisotopic (exact) mass is 246 g/mol. The zero-order valence-electron chi connectivity index (χ0n) is 11.8. The molecule has 1 aromatic rings. The molecule has 2 rings (SSSR count). The quantitative estimate of drug-likeness (QED) is 0.859. The Balaban J connectivity index is 2.01. The molecule has 100 valence electrons. The summed E-state index contributed by atoms with van der Waals surface area (Å²) in [5.41, 5.74) is 1.83. The van der Waals surface area contributed by atoms with Crippen molar-refractivity contribution in [3.05, 3.63) is 35.9 Å². The minimum atomic E-state index is 0.364. The van der Waals surface area contributed by atoms with E-state index < -0.39 is 0 Å². The van der Waals surface area contributed by atoms with Crippen LogP contribution in [0.3, 0.4) is 0 Å². The predicted octanol–water partition coefficient (Wildman–Crippen LogP) is 2.69. The summed E-state index contributed by atoms with van der Waals surface area (Å²) in [6, 6.07) is 10.9. The fraction of sp³-hybridized carbons (Fsp3) is 0.625. The first-order valence-electron chi connectivity index (χ1n) is 7.17. The van der Waals surface area contributed by atoms with Crippen molar-refractivity contribution in [2.75, 3.05) is 27.2 Å². The van der Waals surface area contributed by atoms with Crippen LogP contribution >= 0.6 is 0 Å². The lowest BCUT2D eigenvalue weighted by atomic mass is 9.82. The third-order valence-corrected chi connectivity index (χ3v) is 4.42. The highest BCUT2D eigenvalue weighted by molar-refractivity contribution is 5.15. The molecule has 1 aliphatic rings. The van der Waals surface area contributed by atoms with Gasteiger partial charge in [0.2, 0.25) is 0 Å². The van der Waals surface area contributed by atoms with Crippen LogP contribution in [-0.4, -0.2) is 37.6 Å². The Morgan fingerprint density at radius 1 is 1.22 bits per heavy atom. The fourth-order valence-electron chi connectivity index (χ4n) is 3.21. The first-order chi connectivity index (χ1) is 8.77. The van der Waals surface area contributed by atoms with Gasteiger partial charge in [0.25, 0.3) is 0 Å². The van der Waals surface area contributed by atoms with Crippen LogP contribution in [0.2, 0.25) is 0 Å². The summed E-state index contributed by atoms with van der Waals surface area (Å²) >= 11 is 0. The maximum absolute atomic E-state index is 3.40. The molecule has 0 amide bonds. The molecular weight excluding hydrogens is 220 g/mol. The van der Waals surface area contributed by atoms with Gasteiger partial charge < -0.3 is 5.32 Å². The van der Waals surface area contributed by atoms with E-state index in [0.29, 0.717) is 5.54 Å². The Labute approximate surface area is 111 Å². The molecule has 1 N–H and O–H groups in total. The molecule has 1 saturated heterocycles. The summed E-state index contributed by atoms with van der Waals surface area (Å²) in [5.74, 6) is 0. The van der Waals surface area contributed by atoms with Crippen molar-refractivity contribution in [1.29, 1.82) is 0 Å².